The Kier molecular flexibility index (Phi) is 2.59. The van der Waals surface area contributed by atoms with Crippen molar-refractivity contribution < 1.29 is 9.90 Å². The number of benzene rings is 1. The van der Waals surface area contributed by atoms with E-state index < -0.39 is 5.60 Å². The quantitative estimate of drug-likeness (QED) is 0.759. The van der Waals surface area contributed by atoms with Crippen molar-refractivity contribution in [3.63, 3.8) is 0 Å². The van der Waals surface area contributed by atoms with Gasteiger partial charge in [0.25, 0.3) is 5.91 Å². The summed E-state index contributed by atoms with van der Waals surface area (Å²) in [6.07, 6.45) is 4.82. The lowest BCUT2D eigenvalue weighted by Gasteiger charge is -2.20. The highest BCUT2D eigenvalue weighted by atomic mass is 16.3. The second kappa shape index (κ2) is 4.14. The summed E-state index contributed by atoms with van der Waals surface area (Å²) in [4.78, 5) is 15.1. The number of hydrogen-bond donors (Lipinski definition) is 3. The molecule has 4 nitrogen and oxygen atoms in total. The monoisotopic (exact) mass is 244 g/mol. The van der Waals surface area contributed by atoms with Crippen LogP contribution in [0.15, 0.2) is 30.5 Å². The van der Waals surface area contributed by atoms with Gasteiger partial charge in [0.05, 0.1) is 0 Å². The number of anilines is 1. The van der Waals surface area contributed by atoms with Gasteiger partial charge in [-0.15, -0.1) is 0 Å². The lowest BCUT2D eigenvalue weighted by molar-refractivity contribution is -0.133. The first-order valence-electron chi connectivity index (χ1n) is 6.28. The molecule has 3 rings (SSSR count). The van der Waals surface area contributed by atoms with Crippen LogP contribution in [0.4, 0.5) is 5.69 Å². The maximum Gasteiger partial charge on any atom is 0.256 e. The molecule has 0 bridgehead atoms. The minimum absolute atomic E-state index is 0.283. The minimum atomic E-state index is -1.17. The Morgan fingerprint density at radius 1 is 1.28 bits per heavy atom. The third kappa shape index (κ3) is 1.88. The van der Waals surface area contributed by atoms with Crippen molar-refractivity contribution in [2.24, 2.45) is 0 Å². The van der Waals surface area contributed by atoms with Gasteiger partial charge in [0.2, 0.25) is 0 Å². The number of aliphatic hydroxyl groups is 1. The molecule has 0 radical (unpaired) electrons. The lowest BCUT2D eigenvalue weighted by atomic mass is 10.0. The first-order valence-corrected chi connectivity index (χ1v) is 6.28. The van der Waals surface area contributed by atoms with Gasteiger partial charge in [0.1, 0.15) is 5.60 Å². The van der Waals surface area contributed by atoms with Crippen LogP contribution in [0.1, 0.15) is 25.7 Å². The van der Waals surface area contributed by atoms with Crippen LogP contribution in [0.25, 0.3) is 10.9 Å². The Bertz CT molecular complexity index is 582. The molecule has 18 heavy (non-hydrogen) atoms. The number of carbonyl (C=O) groups is 1. The van der Waals surface area contributed by atoms with Crippen molar-refractivity contribution in [3.05, 3.63) is 30.5 Å². The van der Waals surface area contributed by atoms with E-state index in [1.165, 1.54) is 0 Å². The van der Waals surface area contributed by atoms with Gasteiger partial charge in [0.15, 0.2) is 0 Å². The van der Waals surface area contributed by atoms with Gasteiger partial charge in [-0.25, -0.2) is 0 Å². The molecule has 4 heteroatoms. The number of nitrogens with one attached hydrogen (secondary N) is 2. The molecule has 0 aliphatic heterocycles. The fraction of sp³-hybridized carbons (Fsp3) is 0.357. The molecule has 0 saturated heterocycles. The van der Waals surface area contributed by atoms with Crippen molar-refractivity contribution >= 4 is 22.5 Å². The summed E-state index contributed by atoms with van der Waals surface area (Å²) in [5, 5.41) is 14.0. The Hall–Kier alpha value is -1.81. The van der Waals surface area contributed by atoms with Gasteiger partial charge in [-0.05, 0) is 49.9 Å². The zero-order chi connectivity index (χ0) is 12.6. The molecule has 1 amide bonds. The highest BCUT2D eigenvalue weighted by Crippen LogP contribution is 2.30. The van der Waals surface area contributed by atoms with Crippen LogP contribution in [0.2, 0.25) is 0 Å². The molecule has 1 aromatic carbocycles. The summed E-state index contributed by atoms with van der Waals surface area (Å²) >= 11 is 0. The molecule has 1 heterocycles. The van der Waals surface area contributed by atoms with Gasteiger partial charge in [-0.3, -0.25) is 4.79 Å². The van der Waals surface area contributed by atoms with Gasteiger partial charge < -0.3 is 15.4 Å². The topological polar surface area (TPSA) is 65.1 Å². The Labute approximate surface area is 105 Å². The molecule has 1 aliphatic rings. The molecule has 1 aromatic heterocycles. The fourth-order valence-corrected chi connectivity index (χ4v) is 2.57. The molecule has 2 aromatic rings. The van der Waals surface area contributed by atoms with Crippen molar-refractivity contribution in [2.75, 3.05) is 5.32 Å². The first kappa shape index (κ1) is 11.3. The molecule has 1 aliphatic carbocycles. The summed E-state index contributed by atoms with van der Waals surface area (Å²) in [5.74, 6) is -0.283. The molecule has 1 saturated carbocycles. The van der Waals surface area contributed by atoms with E-state index in [0.717, 1.165) is 29.4 Å². The van der Waals surface area contributed by atoms with E-state index in [0.29, 0.717) is 12.8 Å². The number of H-pyrrole nitrogens is 1. The molecule has 94 valence electrons. The molecule has 0 unspecified atom stereocenters. The normalized spacial score (nSPS) is 18.1. The Balaban J connectivity index is 1.81. The Morgan fingerprint density at radius 3 is 2.83 bits per heavy atom. The van der Waals surface area contributed by atoms with Gasteiger partial charge in [-0.2, -0.15) is 0 Å². The highest BCUT2D eigenvalue weighted by molar-refractivity contribution is 5.98. The van der Waals surface area contributed by atoms with E-state index in [2.05, 4.69) is 10.3 Å². The fourth-order valence-electron chi connectivity index (χ4n) is 2.57. The van der Waals surface area contributed by atoms with Crippen LogP contribution in [0, 0.1) is 0 Å². The summed E-state index contributed by atoms with van der Waals surface area (Å²) < 4.78 is 0. The number of rotatable bonds is 2. The average Bonchev–Trinajstić information content (AvgIpc) is 2.98. The van der Waals surface area contributed by atoms with Crippen molar-refractivity contribution in [1.82, 2.24) is 4.98 Å². The van der Waals surface area contributed by atoms with Gasteiger partial charge >= 0.3 is 0 Å². The van der Waals surface area contributed by atoms with Crippen LogP contribution in [-0.4, -0.2) is 21.6 Å². The third-order valence-corrected chi connectivity index (χ3v) is 3.66. The largest absolute Gasteiger partial charge is 0.380 e. The summed E-state index contributed by atoms with van der Waals surface area (Å²) in [5.41, 5.74) is 0.590. The zero-order valence-corrected chi connectivity index (χ0v) is 10.1. The minimum Gasteiger partial charge on any atom is -0.380 e. The van der Waals surface area contributed by atoms with Gasteiger partial charge in [0, 0.05) is 22.8 Å². The first-order chi connectivity index (χ1) is 8.67. The standard InChI is InChI=1S/C14H16N2O2/c17-13(14(18)6-1-2-7-14)16-11-3-4-12-10(9-11)5-8-15-12/h3-5,8-9,15,18H,1-2,6-7H2,(H,16,17). The van der Waals surface area contributed by atoms with Crippen molar-refractivity contribution in [3.8, 4) is 0 Å². The second-order valence-electron chi connectivity index (χ2n) is 4.97. The highest BCUT2D eigenvalue weighted by Gasteiger charge is 2.38. The van der Waals surface area contributed by atoms with Crippen LogP contribution >= 0.6 is 0 Å². The molecule has 1 fully saturated rings. The third-order valence-electron chi connectivity index (χ3n) is 3.66. The number of aromatic amines is 1. The van der Waals surface area contributed by atoms with E-state index in [1.54, 1.807) is 0 Å². The predicted molar refractivity (Wildman–Crippen MR) is 70.3 cm³/mol. The number of hydrogen-bond acceptors (Lipinski definition) is 2. The smallest absolute Gasteiger partial charge is 0.256 e. The lowest BCUT2D eigenvalue weighted by Crippen LogP contribution is -2.40. The number of carbonyl (C=O) groups excluding carboxylic acids is 1. The van der Waals surface area contributed by atoms with Crippen LogP contribution in [0.3, 0.4) is 0 Å². The van der Waals surface area contributed by atoms with E-state index >= 15 is 0 Å². The number of amides is 1. The van der Waals surface area contributed by atoms with Crippen LogP contribution in [-0.2, 0) is 4.79 Å². The van der Waals surface area contributed by atoms with E-state index in [1.807, 2.05) is 30.5 Å². The van der Waals surface area contributed by atoms with Crippen LogP contribution < -0.4 is 5.32 Å². The van der Waals surface area contributed by atoms with Gasteiger partial charge in [-0.1, -0.05) is 0 Å². The van der Waals surface area contributed by atoms with Crippen molar-refractivity contribution in [1.29, 1.82) is 0 Å². The van der Waals surface area contributed by atoms with Crippen molar-refractivity contribution in [2.45, 2.75) is 31.3 Å². The zero-order valence-electron chi connectivity index (χ0n) is 10.1. The SMILES string of the molecule is O=C(Nc1ccc2[nH]ccc2c1)C1(O)CCCC1. The number of fused-ring (bicyclic) bond motifs is 1. The molecular formula is C14H16N2O2. The molecule has 0 spiro atoms. The Morgan fingerprint density at radius 2 is 2.06 bits per heavy atom. The molecular weight excluding hydrogens is 228 g/mol. The summed E-state index contributed by atoms with van der Waals surface area (Å²) in [6.45, 7) is 0. The van der Waals surface area contributed by atoms with E-state index in [4.69, 9.17) is 0 Å². The van der Waals surface area contributed by atoms with Crippen LogP contribution in [0.5, 0.6) is 0 Å². The second-order valence-corrected chi connectivity index (χ2v) is 4.97. The maximum absolute atomic E-state index is 12.0. The summed E-state index contributed by atoms with van der Waals surface area (Å²) in [6, 6.07) is 7.62. The molecule has 3 N–H and O–H groups in total. The maximum atomic E-state index is 12.0. The summed E-state index contributed by atoms with van der Waals surface area (Å²) in [7, 11) is 0. The van der Waals surface area contributed by atoms with E-state index in [-0.39, 0.29) is 5.91 Å². The van der Waals surface area contributed by atoms with E-state index in [9.17, 15) is 9.90 Å². The number of aromatic nitrogens is 1. The molecule has 0 atom stereocenters. The predicted octanol–water partition coefficient (Wildman–Crippen LogP) is 2.41. The average molecular weight is 244 g/mol.